The Bertz CT molecular complexity index is 240. The minimum absolute atomic E-state index is 0.138. The molecule has 1 fully saturated rings. The molecule has 0 aromatic heterocycles. The number of ether oxygens (including phenoxy) is 1. The molecule has 1 atom stereocenters. The third-order valence-corrected chi connectivity index (χ3v) is 2.61. The average Bonchev–Trinajstić information content (AvgIpc) is 2.15. The number of likely N-dealkylation sites (tertiary alicyclic amines) is 1. The lowest BCUT2D eigenvalue weighted by Crippen LogP contribution is -2.45. The predicted octanol–water partition coefficient (Wildman–Crippen LogP) is 1.09. The van der Waals surface area contributed by atoms with Crippen molar-refractivity contribution in [3.63, 3.8) is 0 Å². The summed E-state index contributed by atoms with van der Waals surface area (Å²) in [5.41, 5.74) is -0.138. The Hall–Kier alpha value is -1.03. The molecule has 1 rings (SSSR count). The van der Waals surface area contributed by atoms with Crippen LogP contribution in [0.25, 0.3) is 0 Å². The smallest absolute Gasteiger partial charge is 0.329 e. The molecule has 0 bridgehead atoms. The zero-order valence-corrected chi connectivity index (χ0v) is 8.69. The summed E-state index contributed by atoms with van der Waals surface area (Å²) in [6.07, 6.45) is 4.86. The number of rotatable bonds is 3. The second kappa shape index (κ2) is 4.46. The maximum atomic E-state index is 10.3. The molecule has 80 valence electrons. The highest BCUT2D eigenvalue weighted by molar-refractivity contribution is 5.79. The van der Waals surface area contributed by atoms with Crippen molar-refractivity contribution in [1.82, 2.24) is 4.90 Å². The Labute approximate surface area is 84.2 Å². The van der Waals surface area contributed by atoms with Crippen molar-refractivity contribution in [2.45, 2.75) is 25.4 Å². The Balaban J connectivity index is 2.52. The molecule has 4 nitrogen and oxygen atoms in total. The third kappa shape index (κ3) is 3.03. The molecule has 0 aromatic rings. The van der Waals surface area contributed by atoms with E-state index in [2.05, 4.69) is 0 Å². The largest absolute Gasteiger partial charge is 0.478 e. The molecule has 1 N–H and O–H groups in total. The van der Waals surface area contributed by atoms with Crippen LogP contribution in [0.1, 0.15) is 19.8 Å². The van der Waals surface area contributed by atoms with E-state index >= 15 is 0 Å². The van der Waals surface area contributed by atoms with Gasteiger partial charge >= 0.3 is 5.97 Å². The first kappa shape index (κ1) is 11.0. The number of carbonyl (C=O) groups is 1. The average molecular weight is 199 g/mol. The Kier molecular flexibility index (Phi) is 3.52. The fourth-order valence-corrected chi connectivity index (χ4v) is 1.71. The molecule has 0 amide bonds. The van der Waals surface area contributed by atoms with Gasteiger partial charge in [-0.25, -0.2) is 4.79 Å². The van der Waals surface area contributed by atoms with Gasteiger partial charge < -0.3 is 14.7 Å². The number of hydrogen-bond acceptors (Lipinski definition) is 3. The number of carboxylic acid groups (broad SMARTS) is 1. The van der Waals surface area contributed by atoms with Crippen LogP contribution in [0.5, 0.6) is 0 Å². The van der Waals surface area contributed by atoms with Crippen molar-refractivity contribution in [2.24, 2.45) is 0 Å². The van der Waals surface area contributed by atoms with Crippen molar-refractivity contribution >= 4 is 5.97 Å². The van der Waals surface area contributed by atoms with Crippen molar-refractivity contribution in [3.8, 4) is 0 Å². The number of carboxylic acids is 1. The highest BCUT2D eigenvalue weighted by atomic mass is 16.5. The van der Waals surface area contributed by atoms with E-state index in [9.17, 15) is 4.79 Å². The van der Waals surface area contributed by atoms with Crippen LogP contribution in [0.15, 0.2) is 12.3 Å². The predicted molar refractivity (Wildman–Crippen MR) is 53.0 cm³/mol. The Morgan fingerprint density at radius 1 is 1.64 bits per heavy atom. The topological polar surface area (TPSA) is 49.8 Å². The van der Waals surface area contributed by atoms with Crippen LogP contribution >= 0.6 is 0 Å². The zero-order valence-electron chi connectivity index (χ0n) is 8.69. The van der Waals surface area contributed by atoms with Gasteiger partial charge in [-0.1, -0.05) is 0 Å². The van der Waals surface area contributed by atoms with Gasteiger partial charge in [0.2, 0.25) is 0 Å². The molecule has 0 aliphatic carbocycles. The minimum Gasteiger partial charge on any atom is -0.478 e. The van der Waals surface area contributed by atoms with E-state index < -0.39 is 5.97 Å². The highest BCUT2D eigenvalue weighted by Crippen LogP contribution is 2.23. The molecule has 0 spiro atoms. The van der Waals surface area contributed by atoms with E-state index in [4.69, 9.17) is 9.84 Å². The molecule has 14 heavy (non-hydrogen) atoms. The summed E-state index contributed by atoms with van der Waals surface area (Å²) in [6, 6.07) is 0. The lowest BCUT2D eigenvalue weighted by molar-refractivity contribution is -0.131. The highest BCUT2D eigenvalue weighted by Gasteiger charge is 2.29. The maximum Gasteiger partial charge on any atom is 0.329 e. The molecule has 1 saturated heterocycles. The van der Waals surface area contributed by atoms with Crippen LogP contribution in [-0.4, -0.2) is 41.8 Å². The quantitative estimate of drug-likeness (QED) is 0.691. The summed E-state index contributed by atoms with van der Waals surface area (Å²) in [6.45, 7) is 3.71. The fourth-order valence-electron chi connectivity index (χ4n) is 1.71. The molecule has 0 saturated carbocycles. The van der Waals surface area contributed by atoms with Gasteiger partial charge in [0.25, 0.3) is 0 Å². The second-order valence-electron chi connectivity index (χ2n) is 3.88. The third-order valence-electron chi connectivity index (χ3n) is 2.61. The van der Waals surface area contributed by atoms with Gasteiger partial charge in [-0.15, -0.1) is 0 Å². The normalized spacial score (nSPS) is 28.3. The molecule has 0 radical (unpaired) electrons. The van der Waals surface area contributed by atoms with E-state index in [1.807, 2.05) is 11.8 Å². The zero-order chi connectivity index (χ0) is 10.6. The van der Waals surface area contributed by atoms with Crippen molar-refractivity contribution in [1.29, 1.82) is 0 Å². The number of nitrogens with zero attached hydrogens (tertiary/aromatic N) is 1. The van der Waals surface area contributed by atoms with Crippen LogP contribution in [0, 0.1) is 0 Å². The van der Waals surface area contributed by atoms with Crippen LogP contribution in [-0.2, 0) is 9.53 Å². The van der Waals surface area contributed by atoms with Gasteiger partial charge in [-0.3, -0.25) is 0 Å². The standard InChI is InChI=1S/C10H17NO3/c1-10(14-2)5-3-6-11(8-10)7-4-9(12)13/h4,7H,3,5-6,8H2,1-2H3,(H,12,13)/b7-4+. The monoisotopic (exact) mass is 199 g/mol. The van der Waals surface area contributed by atoms with Crippen LogP contribution < -0.4 is 0 Å². The minimum atomic E-state index is -0.908. The number of methoxy groups -OCH3 is 1. The first-order valence-electron chi connectivity index (χ1n) is 4.76. The van der Waals surface area contributed by atoms with Crippen molar-refractivity contribution in [3.05, 3.63) is 12.3 Å². The lowest BCUT2D eigenvalue weighted by atomic mass is 9.95. The van der Waals surface area contributed by atoms with Crippen LogP contribution in [0.4, 0.5) is 0 Å². The lowest BCUT2D eigenvalue weighted by Gasteiger charge is -2.38. The molecular formula is C10H17NO3. The summed E-state index contributed by atoms with van der Waals surface area (Å²) in [7, 11) is 1.70. The van der Waals surface area contributed by atoms with Gasteiger partial charge in [0, 0.05) is 32.5 Å². The Morgan fingerprint density at radius 2 is 2.36 bits per heavy atom. The number of hydrogen-bond donors (Lipinski definition) is 1. The molecule has 1 unspecified atom stereocenters. The summed E-state index contributed by atoms with van der Waals surface area (Å²) < 4.78 is 5.39. The van der Waals surface area contributed by atoms with Crippen LogP contribution in [0.2, 0.25) is 0 Å². The Morgan fingerprint density at radius 3 is 2.93 bits per heavy atom. The van der Waals surface area contributed by atoms with E-state index in [0.29, 0.717) is 0 Å². The molecule has 1 heterocycles. The van der Waals surface area contributed by atoms with Gasteiger partial charge in [-0.2, -0.15) is 0 Å². The van der Waals surface area contributed by atoms with E-state index in [1.54, 1.807) is 13.3 Å². The number of piperidine rings is 1. The summed E-state index contributed by atoms with van der Waals surface area (Å²) in [5.74, 6) is -0.908. The number of aliphatic carboxylic acids is 1. The van der Waals surface area contributed by atoms with Gasteiger partial charge in [-0.05, 0) is 19.8 Å². The van der Waals surface area contributed by atoms with Gasteiger partial charge in [0.15, 0.2) is 0 Å². The molecule has 0 aromatic carbocycles. The second-order valence-corrected chi connectivity index (χ2v) is 3.88. The summed E-state index contributed by atoms with van der Waals surface area (Å²) in [5, 5.41) is 8.49. The van der Waals surface area contributed by atoms with Crippen molar-refractivity contribution < 1.29 is 14.6 Å². The molecule has 1 aliphatic rings. The summed E-state index contributed by atoms with van der Waals surface area (Å²) in [4.78, 5) is 12.3. The van der Waals surface area contributed by atoms with Crippen LogP contribution in [0.3, 0.4) is 0 Å². The SMILES string of the molecule is COC1(C)CCCN(/C=C/C(=O)O)C1. The first-order valence-corrected chi connectivity index (χ1v) is 4.76. The van der Waals surface area contributed by atoms with Crippen molar-refractivity contribution in [2.75, 3.05) is 20.2 Å². The van der Waals surface area contributed by atoms with E-state index in [0.717, 1.165) is 25.9 Å². The maximum absolute atomic E-state index is 10.3. The molecule has 1 aliphatic heterocycles. The van der Waals surface area contributed by atoms with E-state index in [-0.39, 0.29) is 5.60 Å². The fraction of sp³-hybridized carbons (Fsp3) is 0.700. The first-order chi connectivity index (χ1) is 6.56. The summed E-state index contributed by atoms with van der Waals surface area (Å²) >= 11 is 0. The molecular weight excluding hydrogens is 182 g/mol. The van der Waals surface area contributed by atoms with Gasteiger partial charge in [0.1, 0.15) is 0 Å². The van der Waals surface area contributed by atoms with E-state index in [1.165, 1.54) is 6.08 Å². The van der Waals surface area contributed by atoms with Gasteiger partial charge in [0.05, 0.1) is 5.60 Å². The molecule has 4 heteroatoms.